The van der Waals surface area contributed by atoms with E-state index in [4.69, 9.17) is 0 Å². The molecule has 4 nitrogen and oxygen atoms in total. The molecule has 2 atom stereocenters. The molecule has 1 N–H and O–H groups in total. The molecule has 1 amide bonds. The molecular formula is C17H30N2O2. The summed E-state index contributed by atoms with van der Waals surface area (Å²) in [4.78, 5) is 26.6. The fourth-order valence-corrected chi connectivity index (χ4v) is 3.87. The number of carbonyl (C=O) groups is 2. The number of Topliss-reactive ketones (excluding diaryl/α,β-unsaturated/α-hetero) is 1. The second-order valence-electron chi connectivity index (χ2n) is 6.58. The Morgan fingerprint density at radius 1 is 1.24 bits per heavy atom. The molecule has 1 aliphatic heterocycles. The van der Waals surface area contributed by atoms with Gasteiger partial charge in [0.25, 0.3) is 0 Å². The number of carbonyl (C=O) groups excluding carboxylic acids is 2. The normalized spacial score (nSPS) is 27.3. The van der Waals surface area contributed by atoms with Crippen molar-refractivity contribution in [2.24, 2.45) is 5.92 Å². The molecule has 0 spiro atoms. The molecule has 1 heterocycles. The minimum absolute atomic E-state index is 0.126. The molecule has 120 valence electrons. The SMILES string of the molecule is CCC(CC)NC(=O)CN1CCCCC1C1CCCC1=O. The monoisotopic (exact) mass is 294 g/mol. The Labute approximate surface area is 128 Å². The molecule has 2 unspecified atom stereocenters. The van der Waals surface area contributed by atoms with E-state index >= 15 is 0 Å². The molecule has 0 aromatic rings. The third-order valence-corrected chi connectivity index (χ3v) is 5.18. The Bertz CT molecular complexity index is 366. The lowest BCUT2D eigenvalue weighted by Crippen LogP contribution is -2.50. The highest BCUT2D eigenvalue weighted by Gasteiger charge is 2.37. The summed E-state index contributed by atoms with van der Waals surface area (Å²) in [5.74, 6) is 0.736. The number of hydrogen-bond acceptors (Lipinski definition) is 3. The van der Waals surface area contributed by atoms with Crippen LogP contribution in [0.2, 0.25) is 0 Å². The second kappa shape index (κ2) is 7.92. The van der Waals surface area contributed by atoms with Crippen LogP contribution in [0.5, 0.6) is 0 Å². The summed E-state index contributed by atoms with van der Waals surface area (Å²) < 4.78 is 0. The number of piperidine rings is 1. The Balaban J connectivity index is 1.92. The van der Waals surface area contributed by atoms with Gasteiger partial charge in [-0.25, -0.2) is 0 Å². The van der Waals surface area contributed by atoms with Gasteiger partial charge in [-0.1, -0.05) is 20.3 Å². The van der Waals surface area contributed by atoms with Crippen LogP contribution in [-0.4, -0.2) is 41.8 Å². The number of ketones is 1. The van der Waals surface area contributed by atoms with E-state index in [0.717, 1.165) is 51.5 Å². The third kappa shape index (κ3) is 4.29. The van der Waals surface area contributed by atoms with Crippen LogP contribution in [0.1, 0.15) is 65.2 Å². The van der Waals surface area contributed by atoms with Crippen molar-refractivity contribution < 1.29 is 9.59 Å². The van der Waals surface area contributed by atoms with Gasteiger partial charge in [0.1, 0.15) is 5.78 Å². The van der Waals surface area contributed by atoms with E-state index in [1.807, 2.05) is 0 Å². The predicted octanol–water partition coefficient (Wildman–Crippen LogP) is 2.51. The van der Waals surface area contributed by atoms with Crippen LogP contribution in [0.25, 0.3) is 0 Å². The molecule has 1 saturated carbocycles. The Kier molecular flexibility index (Phi) is 6.22. The van der Waals surface area contributed by atoms with Crippen LogP contribution >= 0.6 is 0 Å². The first-order chi connectivity index (χ1) is 10.2. The smallest absolute Gasteiger partial charge is 0.234 e. The molecule has 0 aromatic heterocycles. The summed E-state index contributed by atoms with van der Waals surface area (Å²) in [5.41, 5.74) is 0. The zero-order valence-electron chi connectivity index (χ0n) is 13.6. The van der Waals surface area contributed by atoms with Crippen molar-refractivity contribution in [2.75, 3.05) is 13.1 Å². The van der Waals surface area contributed by atoms with Gasteiger partial charge in [0.15, 0.2) is 0 Å². The van der Waals surface area contributed by atoms with Crippen LogP contribution < -0.4 is 5.32 Å². The van der Waals surface area contributed by atoms with Crippen molar-refractivity contribution in [1.29, 1.82) is 0 Å². The highest BCUT2D eigenvalue weighted by molar-refractivity contribution is 5.84. The predicted molar refractivity (Wildman–Crippen MR) is 84.1 cm³/mol. The van der Waals surface area contributed by atoms with Gasteiger partial charge in [-0.3, -0.25) is 14.5 Å². The number of amides is 1. The lowest BCUT2D eigenvalue weighted by molar-refractivity contribution is -0.127. The van der Waals surface area contributed by atoms with Crippen molar-refractivity contribution >= 4 is 11.7 Å². The summed E-state index contributed by atoms with van der Waals surface area (Å²) >= 11 is 0. The van der Waals surface area contributed by atoms with Gasteiger partial charge in [0.2, 0.25) is 5.91 Å². The van der Waals surface area contributed by atoms with Crippen molar-refractivity contribution in [3.8, 4) is 0 Å². The van der Waals surface area contributed by atoms with E-state index < -0.39 is 0 Å². The summed E-state index contributed by atoms with van der Waals surface area (Å²) in [6.07, 6.45) is 8.18. The summed E-state index contributed by atoms with van der Waals surface area (Å²) in [6, 6.07) is 0.593. The van der Waals surface area contributed by atoms with E-state index in [1.165, 1.54) is 6.42 Å². The molecule has 21 heavy (non-hydrogen) atoms. The molecule has 0 bridgehead atoms. The second-order valence-corrected chi connectivity index (χ2v) is 6.58. The lowest BCUT2D eigenvalue weighted by atomic mass is 9.88. The first kappa shape index (κ1) is 16.5. The van der Waals surface area contributed by atoms with Crippen LogP contribution in [-0.2, 0) is 9.59 Å². The van der Waals surface area contributed by atoms with Crippen molar-refractivity contribution in [2.45, 2.75) is 77.3 Å². The van der Waals surface area contributed by atoms with Crippen LogP contribution in [0.15, 0.2) is 0 Å². The van der Waals surface area contributed by atoms with Crippen LogP contribution in [0.3, 0.4) is 0 Å². The van der Waals surface area contributed by atoms with Gasteiger partial charge >= 0.3 is 0 Å². The third-order valence-electron chi connectivity index (χ3n) is 5.18. The van der Waals surface area contributed by atoms with Crippen LogP contribution in [0, 0.1) is 5.92 Å². The Morgan fingerprint density at radius 2 is 2.00 bits per heavy atom. The summed E-state index contributed by atoms with van der Waals surface area (Å²) in [6.45, 7) is 5.64. The highest BCUT2D eigenvalue weighted by atomic mass is 16.2. The largest absolute Gasteiger partial charge is 0.352 e. The molecule has 4 heteroatoms. The van der Waals surface area contributed by atoms with E-state index in [2.05, 4.69) is 24.1 Å². The fraction of sp³-hybridized carbons (Fsp3) is 0.882. The van der Waals surface area contributed by atoms with Gasteiger partial charge in [-0.05, 0) is 45.1 Å². The minimum Gasteiger partial charge on any atom is -0.352 e. The Hall–Kier alpha value is -0.900. The lowest BCUT2D eigenvalue weighted by Gasteiger charge is -2.38. The van der Waals surface area contributed by atoms with E-state index in [1.54, 1.807) is 0 Å². The number of nitrogens with one attached hydrogen (secondary N) is 1. The maximum Gasteiger partial charge on any atom is 0.234 e. The maximum atomic E-state index is 12.2. The molecule has 2 fully saturated rings. The zero-order valence-corrected chi connectivity index (χ0v) is 13.6. The fourth-order valence-electron chi connectivity index (χ4n) is 3.87. The van der Waals surface area contributed by atoms with E-state index in [-0.39, 0.29) is 17.9 Å². The quantitative estimate of drug-likeness (QED) is 0.819. The van der Waals surface area contributed by atoms with Gasteiger partial charge < -0.3 is 5.32 Å². The molecule has 1 aliphatic carbocycles. The Morgan fingerprint density at radius 3 is 2.62 bits per heavy atom. The van der Waals surface area contributed by atoms with Gasteiger partial charge in [0.05, 0.1) is 6.54 Å². The van der Waals surface area contributed by atoms with E-state index in [0.29, 0.717) is 18.4 Å². The first-order valence-electron chi connectivity index (χ1n) is 8.71. The van der Waals surface area contributed by atoms with Gasteiger partial charge in [-0.15, -0.1) is 0 Å². The molecule has 1 saturated heterocycles. The molecule has 0 radical (unpaired) electrons. The van der Waals surface area contributed by atoms with Gasteiger partial charge in [-0.2, -0.15) is 0 Å². The van der Waals surface area contributed by atoms with Gasteiger partial charge in [0, 0.05) is 24.4 Å². The molecule has 2 rings (SSSR count). The molecule has 0 aromatic carbocycles. The zero-order chi connectivity index (χ0) is 15.2. The number of hydrogen-bond donors (Lipinski definition) is 1. The first-order valence-corrected chi connectivity index (χ1v) is 8.71. The summed E-state index contributed by atoms with van der Waals surface area (Å²) in [7, 11) is 0. The van der Waals surface area contributed by atoms with Crippen molar-refractivity contribution in [3.05, 3.63) is 0 Å². The minimum atomic E-state index is 0.126. The number of rotatable bonds is 6. The molecular weight excluding hydrogens is 264 g/mol. The highest BCUT2D eigenvalue weighted by Crippen LogP contribution is 2.32. The maximum absolute atomic E-state index is 12.2. The number of nitrogens with zero attached hydrogens (tertiary/aromatic N) is 1. The van der Waals surface area contributed by atoms with Crippen molar-refractivity contribution in [1.82, 2.24) is 10.2 Å². The van der Waals surface area contributed by atoms with Crippen LogP contribution in [0.4, 0.5) is 0 Å². The average Bonchev–Trinajstić information content (AvgIpc) is 2.91. The number of likely N-dealkylation sites (tertiary alicyclic amines) is 1. The standard InChI is InChI=1S/C17H30N2O2/c1-3-13(4-2)18-17(21)12-19-11-6-5-9-15(19)14-8-7-10-16(14)20/h13-15H,3-12H2,1-2H3,(H,18,21). The van der Waals surface area contributed by atoms with E-state index in [9.17, 15) is 9.59 Å². The average molecular weight is 294 g/mol. The molecule has 2 aliphatic rings. The van der Waals surface area contributed by atoms with Crippen molar-refractivity contribution in [3.63, 3.8) is 0 Å². The topological polar surface area (TPSA) is 49.4 Å². The summed E-state index contributed by atoms with van der Waals surface area (Å²) in [5, 5.41) is 3.12.